The smallest absolute Gasteiger partial charge is 0.293 e. The average Bonchev–Trinajstić information content (AvgIpc) is 3.22. The Morgan fingerprint density at radius 3 is 2.55 bits per heavy atom. The van der Waals surface area contributed by atoms with Gasteiger partial charge in [-0.25, -0.2) is 9.20 Å². The number of carbonyl (C=O) groups is 1. The summed E-state index contributed by atoms with van der Waals surface area (Å²) >= 11 is 3.41. The molecular weight excluding hydrogens is 458 g/mol. The lowest BCUT2D eigenvalue weighted by atomic mass is 10.1. The largest absolute Gasteiger partial charge is 0.350 e. The Hall–Kier alpha value is -3.26. The van der Waals surface area contributed by atoms with Crippen molar-refractivity contribution < 1.29 is 4.79 Å². The van der Waals surface area contributed by atoms with E-state index in [1.807, 2.05) is 36.4 Å². The number of hydrogen-bond acceptors (Lipinski definition) is 4. The van der Waals surface area contributed by atoms with Crippen molar-refractivity contribution in [3.63, 3.8) is 0 Å². The van der Waals surface area contributed by atoms with E-state index < -0.39 is 0 Å². The highest BCUT2D eigenvalue weighted by Crippen LogP contribution is 2.19. The second-order valence-electron chi connectivity index (χ2n) is 7.29. The van der Waals surface area contributed by atoms with E-state index in [0.717, 1.165) is 22.0 Å². The molecule has 1 amide bonds. The Balaban J connectivity index is 1.56. The number of rotatable bonds is 6. The van der Waals surface area contributed by atoms with E-state index in [1.165, 1.54) is 14.8 Å². The number of carbonyl (C=O) groups excluding carboxylic acids is 1. The zero-order chi connectivity index (χ0) is 22.0. The maximum absolute atomic E-state index is 12.9. The van der Waals surface area contributed by atoms with Crippen molar-refractivity contribution in [3.05, 3.63) is 86.4 Å². The zero-order valence-electron chi connectivity index (χ0n) is 17.3. The predicted octanol–water partition coefficient (Wildman–Crippen LogP) is 3.51. The summed E-state index contributed by atoms with van der Waals surface area (Å²) in [6.07, 6.45) is 0.961. The number of hydrogen-bond donors (Lipinski definition) is 1. The van der Waals surface area contributed by atoms with Gasteiger partial charge in [-0.3, -0.25) is 9.59 Å². The second kappa shape index (κ2) is 8.85. The summed E-state index contributed by atoms with van der Waals surface area (Å²) in [5.41, 5.74) is 3.86. The van der Waals surface area contributed by atoms with E-state index in [1.54, 1.807) is 13.0 Å². The van der Waals surface area contributed by atoms with Crippen LogP contribution in [0.4, 0.5) is 0 Å². The third-order valence-electron chi connectivity index (χ3n) is 5.06. The Labute approximate surface area is 187 Å². The highest BCUT2D eigenvalue weighted by molar-refractivity contribution is 9.10. The highest BCUT2D eigenvalue weighted by atomic mass is 79.9. The maximum atomic E-state index is 12.9. The topological polar surface area (TPSA) is 81.3 Å². The summed E-state index contributed by atoms with van der Waals surface area (Å²) in [7, 11) is 0. The lowest BCUT2D eigenvalue weighted by Gasteiger charge is -2.08. The van der Waals surface area contributed by atoms with Crippen molar-refractivity contribution in [2.24, 2.45) is 0 Å². The maximum Gasteiger partial charge on any atom is 0.293 e. The van der Waals surface area contributed by atoms with E-state index in [0.29, 0.717) is 23.6 Å². The lowest BCUT2D eigenvalue weighted by Crippen LogP contribution is -2.34. The Morgan fingerprint density at radius 2 is 1.84 bits per heavy atom. The summed E-state index contributed by atoms with van der Waals surface area (Å²) in [5, 5.41) is 11.6. The van der Waals surface area contributed by atoms with E-state index in [-0.39, 0.29) is 18.0 Å². The second-order valence-corrected chi connectivity index (χ2v) is 8.21. The number of halogens is 1. The molecule has 0 radical (unpaired) electrons. The van der Waals surface area contributed by atoms with Crippen molar-refractivity contribution >= 4 is 27.4 Å². The molecule has 0 saturated heterocycles. The van der Waals surface area contributed by atoms with Crippen molar-refractivity contribution in [1.29, 1.82) is 0 Å². The van der Waals surface area contributed by atoms with Crippen LogP contribution in [-0.2, 0) is 24.3 Å². The van der Waals surface area contributed by atoms with Gasteiger partial charge in [-0.2, -0.15) is 10.2 Å². The third-order valence-corrected chi connectivity index (χ3v) is 5.56. The zero-order valence-corrected chi connectivity index (χ0v) is 18.9. The summed E-state index contributed by atoms with van der Waals surface area (Å²) < 4.78 is 3.66. The summed E-state index contributed by atoms with van der Waals surface area (Å²) in [5.74, 6) is 0.249. The summed E-state index contributed by atoms with van der Waals surface area (Å²) in [6, 6.07) is 17.5. The van der Waals surface area contributed by atoms with Gasteiger partial charge in [-0.1, -0.05) is 59.3 Å². The molecule has 0 aliphatic carbocycles. The summed E-state index contributed by atoms with van der Waals surface area (Å²) in [4.78, 5) is 25.3. The first-order chi connectivity index (χ1) is 14.9. The molecule has 0 saturated carbocycles. The molecule has 8 heteroatoms. The molecule has 0 aliphatic heterocycles. The van der Waals surface area contributed by atoms with Crippen LogP contribution in [-0.4, -0.2) is 25.3 Å². The monoisotopic (exact) mass is 479 g/mol. The number of aromatic nitrogens is 4. The molecule has 0 aliphatic rings. The predicted molar refractivity (Wildman–Crippen MR) is 123 cm³/mol. The summed E-state index contributed by atoms with van der Waals surface area (Å²) in [6.45, 7) is 4.08. The Morgan fingerprint density at radius 1 is 1.06 bits per heavy atom. The first-order valence-electron chi connectivity index (χ1n) is 10.0. The van der Waals surface area contributed by atoms with Crippen LogP contribution >= 0.6 is 15.9 Å². The van der Waals surface area contributed by atoms with E-state index in [2.05, 4.69) is 50.5 Å². The Kier molecular flexibility index (Phi) is 5.99. The van der Waals surface area contributed by atoms with Gasteiger partial charge < -0.3 is 5.32 Å². The van der Waals surface area contributed by atoms with Gasteiger partial charge >= 0.3 is 0 Å². The molecule has 7 nitrogen and oxygen atoms in total. The molecule has 2 aromatic heterocycles. The van der Waals surface area contributed by atoms with E-state index in [4.69, 9.17) is 0 Å². The molecule has 0 unspecified atom stereocenters. The van der Waals surface area contributed by atoms with Gasteiger partial charge in [-0.15, -0.1) is 0 Å². The number of benzene rings is 2. The fourth-order valence-corrected chi connectivity index (χ4v) is 3.82. The average molecular weight is 480 g/mol. The van der Waals surface area contributed by atoms with Crippen molar-refractivity contribution in [2.75, 3.05) is 0 Å². The number of nitrogens with zero attached hydrogens (tertiary/aromatic N) is 4. The van der Waals surface area contributed by atoms with Crippen molar-refractivity contribution in [1.82, 2.24) is 24.7 Å². The van der Waals surface area contributed by atoms with Crippen LogP contribution in [0.1, 0.15) is 23.9 Å². The van der Waals surface area contributed by atoms with Gasteiger partial charge in [-0.05, 0) is 42.7 Å². The molecule has 1 N–H and O–H groups in total. The van der Waals surface area contributed by atoms with Gasteiger partial charge in [0.05, 0.1) is 5.69 Å². The fourth-order valence-electron chi connectivity index (χ4n) is 3.37. The van der Waals surface area contributed by atoms with Crippen LogP contribution in [0.15, 0.2) is 63.9 Å². The standard InChI is InChI=1S/C23H22BrN5O2/c1-3-16-7-9-18(10-8-16)20-12-21-23(31)28(26-15(2)29(21)27-20)14-22(30)25-13-17-5-4-6-19(24)11-17/h4-12H,3,13-14H2,1-2H3,(H,25,30). The molecular formula is C23H22BrN5O2. The first-order valence-corrected chi connectivity index (χ1v) is 10.8. The fraction of sp³-hybridized carbons (Fsp3) is 0.217. The molecule has 0 spiro atoms. The number of aryl methyl sites for hydroxylation is 2. The van der Waals surface area contributed by atoms with E-state index >= 15 is 0 Å². The van der Waals surface area contributed by atoms with Gasteiger partial charge in [0, 0.05) is 16.6 Å². The highest BCUT2D eigenvalue weighted by Gasteiger charge is 2.14. The molecule has 4 rings (SSSR count). The van der Waals surface area contributed by atoms with Crippen LogP contribution in [0, 0.1) is 6.92 Å². The molecule has 4 aromatic rings. The molecule has 2 aromatic carbocycles. The van der Waals surface area contributed by atoms with Crippen LogP contribution in [0.25, 0.3) is 16.8 Å². The minimum Gasteiger partial charge on any atom is -0.350 e. The lowest BCUT2D eigenvalue weighted by molar-refractivity contribution is -0.122. The van der Waals surface area contributed by atoms with Gasteiger partial charge in [0.1, 0.15) is 17.9 Å². The SMILES string of the molecule is CCc1ccc(-c2cc3c(=O)n(CC(=O)NCc4cccc(Br)c4)nc(C)n3n2)cc1. The third kappa shape index (κ3) is 4.59. The molecule has 2 heterocycles. The quantitative estimate of drug-likeness (QED) is 0.458. The number of nitrogens with one attached hydrogen (secondary N) is 1. The van der Waals surface area contributed by atoms with Crippen molar-refractivity contribution in [2.45, 2.75) is 33.4 Å². The number of fused-ring (bicyclic) bond motifs is 1. The Bertz CT molecular complexity index is 1310. The molecule has 0 atom stereocenters. The van der Waals surface area contributed by atoms with Crippen LogP contribution < -0.4 is 10.9 Å². The van der Waals surface area contributed by atoms with Gasteiger partial charge in [0.2, 0.25) is 5.91 Å². The molecule has 0 bridgehead atoms. The van der Waals surface area contributed by atoms with Gasteiger partial charge in [0.15, 0.2) is 0 Å². The number of amides is 1. The molecule has 31 heavy (non-hydrogen) atoms. The molecule has 158 valence electrons. The normalized spacial score (nSPS) is 11.1. The van der Waals surface area contributed by atoms with Crippen LogP contribution in [0.3, 0.4) is 0 Å². The first kappa shape index (κ1) is 21.0. The van der Waals surface area contributed by atoms with E-state index in [9.17, 15) is 9.59 Å². The van der Waals surface area contributed by atoms with Crippen LogP contribution in [0.5, 0.6) is 0 Å². The minimum atomic E-state index is -0.355. The molecule has 0 fully saturated rings. The minimum absolute atomic E-state index is 0.157. The van der Waals surface area contributed by atoms with Crippen LogP contribution in [0.2, 0.25) is 0 Å². The van der Waals surface area contributed by atoms with Gasteiger partial charge in [0.25, 0.3) is 5.56 Å². The van der Waals surface area contributed by atoms with Crippen molar-refractivity contribution in [3.8, 4) is 11.3 Å².